The number of piperidine rings is 1. The third-order valence-corrected chi connectivity index (χ3v) is 5.04. The molecule has 8 nitrogen and oxygen atoms in total. The highest BCUT2D eigenvalue weighted by Gasteiger charge is 2.30. The predicted molar refractivity (Wildman–Crippen MR) is 105 cm³/mol. The van der Waals surface area contributed by atoms with Crippen molar-refractivity contribution in [1.82, 2.24) is 20.0 Å². The highest BCUT2D eigenvalue weighted by Crippen LogP contribution is 2.30. The molecule has 0 radical (unpaired) electrons. The second kappa shape index (κ2) is 8.30. The Balaban J connectivity index is 1.52. The maximum Gasteiger partial charge on any atom is 0.276 e. The van der Waals surface area contributed by atoms with Gasteiger partial charge in [0.1, 0.15) is 17.2 Å². The van der Waals surface area contributed by atoms with Crippen LogP contribution in [-0.2, 0) is 0 Å². The molecule has 1 aromatic carbocycles. The van der Waals surface area contributed by atoms with E-state index in [1.54, 1.807) is 38.6 Å². The molecule has 0 bridgehead atoms. The van der Waals surface area contributed by atoms with E-state index in [1.807, 2.05) is 23.1 Å². The lowest BCUT2D eigenvalue weighted by Crippen LogP contribution is -2.39. The van der Waals surface area contributed by atoms with Crippen molar-refractivity contribution >= 4 is 5.91 Å². The number of amides is 1. The first-order chi connectivity index (χ1) is 14.2. The Morgan fingerprint density at radius 3 is 2.86 bits per heavy atom. The number of benzene rings is 1. The van der Waals surface area contributed by atoms with Gasteiger partial charge in [-0.25, -0.2) is 0 Å². The third-order valence-electron chi connectivity index (χ3n) is 5.04. The highest BCUT2D eigenvalue weighted by molar-refractivity contribution is 5.97. The fourth-order valence-corrected chi connectivity index (χ4v) is 3.51. The average Bonchev–Trinajstić information content (AvgIpc) is 3.29. The molecule has 0 N–H and O–H groups in total. The quantitative estimate of drug-likeness (QED) is 0.656. The molecule has 3 heterocycles. The Kier molecular flexibility index (Phi) is 5.41. The minimum absolute atomic E-state index is 0.0122. The first-order valence-electron chi connectivity index (χ1n) is 9.46. The fraction of sp³-hybridized carbons (Fsp3) is 0.333. The first-order valence-corrected chi connectivity index (χ1v) is 9.46. The third kappa shape index (κ3) is 3.91. The van der Waals surface area contributed by atoms with Gasteiger partial charge in [0.2, 0.25) is 0 Å². The molecule has 1 amide bonds. The van der Waals surface area contributed by atoms with Crippen LogP contribution in [0.1, 0.15) is 34.9 Å². The summed E-state index contributed by atoms with van der Waals surface area (Å²) >= 11 is 0. The molecule has 0 spiro atoms. The van der Waals surface area contributed by atoms with E-state index in [9.17, 15) is 4.79 Å². The topological polar surface area (TPSA) is 90.6 Å². The van der Waals surface area contributed by atoms with Crippen molar-refractivity contribution in [3.05, 3.63) is 54.0 Å². The van der Waals surface area contributed by atoms with Gasteiger partial charge in [-0.3, -0.25) is 9.78 Å². The van der Waals surface area contributed by atoms with Gasteiger partial charge in [0.05, 0.1) is 19.8 Å². The van der Waals surface area contributed by atoms with Gasteiger partial charge in [0.15, 0.2) is 5.82 Å². The summed E-state index contributed by atoms with van der Waals surface area (Å²) in [5.74, 6) is 2.06. The molecule has 2 aromatic heterocycles. The van der Waals surface area contributed by atoms with Gasteiger partial charge in [0, 0.05) is 31.3 Å². The van der Waals surface area contributed by atoms with Gasteiger partial charge < -0.3 is 18.9 Å². The van der Waals surface area contributed by atoms with Gasteiger partial charge in [0.25, 0.3) is 11.8 Å². The molecular weight excluding hydrogens is 372 g/mol. The number of aromatic nitrogens is 3. The molecule has 3 aromatic rings. The van der Waals surface area contributed by atoms with Crippen LogP contribution in [0.5, 0.6) is 11.5 Å². The molecule has 0 aliphatic carbocycles. The smallest absolute Gasteiger partial charge is 0.276 e. The van der Waals surface area contributed by atoms with Crippen LogP contribution in [0.15, 0.2) is 47.1 Å². The predicted octanol–water partition coefficient (Wildman–Crippen LogP) is 3.17. The van der Waals surface area contributed by atoms with Crippen molar-refractivity contribution < 1.29 is 18.8 Å². The van der Waals surface area contributed by atoms with Crippen molar-refractivity contribution in [3.63, 3.8) is 0 Å². The molecule has 1 aliphatic rings. The minimum atomic E-state index is -0.0809. The zero-order valence-electron chi connectivity index (χ0n) is 16.4. The van der Waals surface area contributed by atoms with E-state index in [0.717, 1.165) is 12.8 Å². The summed E-state index contributed by atoms with van der Waals surface area (Å²) in [6.07, 6.45) is 3.44. The second-order valence-corrected chi connectivity index (χ2v) is 6.83. The standard InChI is InChI=1S/C21H22N4O4/c1-27-15-8-9-16(18(12-15)28-2)21(26)25-11-5-6-14(13-25)19-23-20(29-24-19)17-7-3-4-10-22-17/h3-4,7-10,12,14H,5-6,11,13H2,1-2H3/t14-/m1/s1. The minimum Gasteiger partial charge on any atom is -0.497 e. The van der Waals surface area contributed by atoms with E-state index in [-0.39, 0.29) is 11.8 Å². The molecule has 150 valence electrons. The number of methoxy groups -OCH3 is 2. The van der Waals surface area contributed by atoms with Crippen LogP contribution in [0.25, 0.3) is 11.6 Å². The molecule has 8 heteroatoms. The Labute approximate surface area is 168 Å². The summed E-state index contributed by atoms with van der Waals surface area (Å²) in [7, 11) is 3.12. The van der Waals surface area contributed by atoms with E-state index < -0.39 is 0 Å². The molecule has 1 atom stereocenters. The maximum atomic E-state index is 13.1. The van der Waals surface area contributed by atoms with Crippen molar-refractivity contribution in [1.29, 1.82) is 0 Å². The summed E-state index contributed by atoms with van der Waals surface area (Å²) < 4.78 is 16.0. The van der Waals surface area contributed by atoms with Gasteiger partial charge >= 0.3 is 0 Å². The van der Waals surface area contributed by atoms with Crippen LogP contribution in [0, 0.1) is 0 Å². The average molecular weight is 394 g/mol. The van der Waals surface area contributed by atoms with Crippen molar-refractivity contribution in [3.8, 4) is 23.1 Å². The number of hydrogen-bond donors (Lipinski definition) is 0. The van der Waals surface area contributed by atoms with Gasteiger partial charge in [-0.2, -0.15) is 4.98 Å². The van der Waals surface area contributed by atoms with Crippen molar-refractivity contribution in [2.45, 2.75) is 18.8 Å². The van der Waals surface area contributed by atoms with Crippen LogP contribution < -0.4 is 9.47 Å². The van der Waals surface area contributed by atoms with E-state index in [2.05, 4.69) is 15.1 Å². The largest absolute Gasteiger partial charge is 0.497 e. The van der Waals surface area contributed by atoms with Crippen LogP contribution >= 0.6 is 0 Å². The van der Waals surface area contributed by atoms with E-state index in [4.69, 9.17) is 14.0 Å². The van der Waals surface area contributed by atoms with E-state index >= 15 is 0 Å². The molecule has 4 rings (SSSR count). The maximum absolute atomic E-state index is 13.1. The lowest BCUT2D eigenvalue weighted by atomic mass is 9.96. The summed E-state index contributed by atoms with van der Waals surface area (Å²) in [4.78, 5) is 23.7. The first kappa shape index (κ1) is 18.9. The zero-order chi connectivity index (χ0) is 20.2. The Bertz CT molecular complexity index is 989. The molecule has 0 unspecified atom stereocenters. The van der Waals surface area contributed by atoms with Crippen LogP contribution in [0.3, 0.4) is 0 Å². The van der Waals surface area contributed by atoms with Gasteiger partial charge in [-0.1, -0.05) is 11.2 Å². The number of pyridine rings is 1. The van der Waals surface area contributed by atoms with E-state index in [0.29, 0.717) is 47.6 Å². The molecule has 1 saturated heterocycles. The number of hydrogen-bond acceptors (Lipinski definition) is 7. The van der Waals surface area contributed by atoms with Crippen LogP contribution in [-0.4, -0.2) is 53.2 Å². The fourth-order valence-electron chi connectivity index (χ4n) is 3.51. The number of rotatable bonds is 5. The summed E-state index contributed by atoms with van der Waals surface area (Å²) in [5, 5.41) is 4.13. The SMILES string of the molecule is COc1ccc(C(=O)N2CCC[C@@H](c3noc(-c4ccccn4)n3)C2)c(OC)c1. The number of carbonyl (C=O) groups is 1. The van der Waals surface area contributed by atoms with Crippen molar-refractivity contribution in [2.75, 3.05) is 27.3 Å². The molecule has 1 aliphatic heterocycles. The zero-order valence-corrected chi connectivity index (χ0v) is 16.4. The number of likely N-dealkylation sites (tertiary alicyclic amines) is 1. The summed E-state index contributed by atoms with van der Waals surface area (Å²) in [6, 6.07) is 10.7. The number of ether oxygens (including phenoxy) is 2. The summed E-state index contributed by atoms with van der Waals surface area (Å²) in [5.41, 5.74) is 1.15. The molecule has 0 saturated carbocycles. The normalized spacial score (nSPS) is 16.5. The Morgan fingerprint density at radius 2 is 2.10 bits per heavy atom. The molecular formula is C21H22N4O4. The van der Waals surface area contributed by atoms with Gasteiger partial charge in [-0.05, 0) is 37.1 Å². The van der Waals surface area contributed by atoms with E-state index in [1.165, 1.54) is 0 Å². The second-order valence-electron chi connectivity index (χ2n) is 6.83. The molecule has 29 heavy (non-hydrogen) atoms. The van der Waals surface area contributed by atoms with Crippen LogP contribution in [0.2, 0.25) is 0 Å². The Hall–Kier alpha value is -3.42. The highest BCUT2D eigenvalue weighted by atomic mass is 16.5. The number of nitrogens with zero attached hydrogens (tertiary/aromatic N) is 4. The summed E-state index contributed by atoms with van der Waals surface area (Å²) in [6.45, 7) is 1.20. The number of carbonyl (C=O) groups excluding carboxylic acids is 1. The lowest BCUT2D eigenvalue weighted by Gasteiger charge is -2.31. The lowest BCUT2D eigenvalue weighted by molar-refractivity contribution is 0.0700. The Morgan fingerprint density at radius 1 is 1.21 bits per heavy atom. The van der Waals surface area contributed by atoms with Crippen molar-refractivity contribution in [2.24, 2.45) is 0 Å². The van der Waals surface area contributed by atoms with Gasteiger partial charge in [-0.15, -0.1) is 0 Å². The van der Waals surface area contributed by atoms with Crippen LogP contribution in [0.4, 0.5) is 0 Å². The monoisotopic (exact) mass is 394 g/mol. The molecule has 1 fully saturated rings.